The van der Waals surface area contributed by atoms with Crippen LogP contribution in [-0.2, 0) is 37.9 Å². The number of rotatable bonds is 17. The molecule has 8 rings (SSSR count). The van der Waals surface area contributed by atoms with Gasteiger partial charge in [0.1, 0.15) is 79.4 Å². The van der Waals surface area contributed by atoms with E-state index in [-0.39, 0.29) is 34.7 Å². The Labute approximate surface area is 445 Å². The summed E-state index contributed by atoms with van der Waals surface area (Å²) in [4.78, 5) is 0. The predicted molar refractivity (Wildman–Crippen MR) is 265 cm³/mol. The Morgan fingerprint density at radius 3 is 1.83 bits per heavy atom. The topological polar surface area (TPSA) is 357 Å². The van der Waals surface area contributed by atoms with Crippen LogP contribution < -0.4 is 0 Å². The minimum atomic E-state index is -1.84. The van der Waals surface area contributed by atoms with Gasteiger partial charge in [0.05, 0.1) is 56.4 Å². The highest BCUT2D eigenvalue weighted by Crippen LogP contribution is 2.75. The first-order valence-electron chi connectivity index (χ1n) is 27.8. The lowest BCUT2D eigenvalue weighted by Crippen LogP contribution is -2.64. The summed E-state index contributed by atoms with van der Waals surface area (Å²) in [6, 6.07) is 0. The molecule has 0 amide bonds. The van der Waals surface area contributed by atoms with Crippen LogP contribution in [0.3, 0.4) is 0 Å². The van der Waals surface area contributed by atoms with Crippen molar-refractivity contribution in [1.82, 2.24) is 0 Å². The molecule has 14 N–H and O–H groups in total. The number of hydrogen-bond donors (Lipinski definition) is 14. The molecule has 440 valence electrons. The van der Waals surface area contributed by atoms with E-state index in [1.54, 1.807) is 13.8 Å². The molecular formula is C54H92O22. The van der Waals surface area contributed by atoms with E-state index in [1.165, 1.54) is 5.57 Å². The number of aliphatic hydroxyl groups is 14. The van der Waals surface area contributed by atoms with Crippen molar-refractivity contribution in [3.8, 4) is 0 Å². The molecule has 0 radical (unpaired) electrons. The van der Waals surface area contributed by atoms with Gasteiger partial charge in [0.25, 0.3) is 0 Å². The van der Waals surface area contributed by atoms with Crippen molar-refractivity contribution in [3.05, 3.63) is 11.6 Å². The predicted octanol–water partition coefficient (Wildman–Crippen LogP) is -1.17. The molecule has 4 aliphatic carbocycles. The van der Waals surface area contributed by atoms with E-state index >= 15 is 0 Å². The first kappa shape index (κ1) is 60.9. The number of hydrogen-bond acceptors (Lipinski definition) is 22. The summed E-state index contributed by atoms with van der Waals surface area (Å²) in [6.07, 6.45) is -20.2. The summed E-state index contributed by atoms with van der Waals surface area (Å²) in [5, 5.41) is 149. The quantitative estimate of drug-likeness (QED) is 0.0763. The summed E-state index contributed by atoms with van der Waals surface area (Å²) in [7, 11) is 0. The van der Waals surface area contributed by atoms with Crippen molar-refractivity contribution >= 4 is 0 Å². The highest BCUT2D eigenvalue weighted by atomic mass is 16.8. The Hall–Kier alpha value is -1.14. The maximum atomic E-state index is 11.8. The average molecular weight is 1090 g/mol. The zero-order chi connectivity index (χ0) is 55.8. The second-order valence-corrected chi connectivity index (χ2v) is 25.7. The van der Waals surface area contributed by atoms with E-state index in [9.17, 15) is 71.5 Å². The molecule has 4 saturated heterocycles. The van der Waals surface area contributed by atoms with Gasteiger partial charge in [-0.15, -0.1) is 0 Å². The zero-order valence-corrected chi connectivity index (χ0v) is 45.4. The number of ether oxygens (including phenoxy) is 8. The van der Waals surface area contributed by atoms with E-state index in [0.717, 1.165) is 38.5 Å². The minimum Gasteiger partial charge on any atom is -0.394 e. The molecule has 76 heavy (non-hydrogen) atoms. The SMILES string of the molecule is CC(CCC(O[C@@H]1O[C@H](CO[C@@H]2O[C@H](CO)[C@@H](O)[C@H](O)[C@H]2O)[C@@H](O)[C@H](O)[C@H]1O[C@@H]1O[C@H](CO)C[C@H](O)[C@H]1O)C(C)(C)O)C1CCC2(C)C3CC=C4C(CC[C@H](O[C@@H]5O[C@H](CO)[C@@H](O)[C@H](O)[C@H]5O)C4(C)C)C3(C)CCC12C. The van der Waals surface area contributed by atoms with E-state index in [0.29, 0.717) is 37.0 Å². The van der Waals surface area contributed by atoms with Gasteiger partial charge in [-0.25, -0.2) is 0 Å². The normalized spacial score (nSPS) is 50.5. The van der Waals surface area contributed by atoms with Gasteiger partial charge in [0.2, 0.25) is 0 Å². The van der Waals surface area contributed by atoms with Crippen molar-refractivity contribution in [2.45, 2.75) is 254 Å². The van der Waals surface area contributed by atoms with Crippen LogP contribution in [0, 0.1) is 45.3 Å². The fraction of sp³-hybridized carbons (Fsp3) is 0.963. The molecule has 7 fully saturated rings. The molecule has 0 aromatic rings. The molecule has 8 unspecified atom stereocenters. The summed E-state index contributed by atoms with van der Waals surface area (Å²) in [5.41, 5.74) is -0.682. The van der Waals surface area contributed by atoms with Crippen LogP contribution in [0.5, 0.6) is 0 Å². The third-order valence-corrected chi connectivity index (χ3v) is 20.6. The lowest BCUT2D eigenvalue weighted by molar-refractivity contribution is -0.374. The van der Waals surface area contributed by atoms with E-state index in [2.05, 4.69) is 47.6 Å². The first-order chi connectivity index (χ1) is 35.6. The Morgan fingerprint density at radius 2 is 1.21 bits per heavy atom. The van der Waals surface area contributed by atoms with Crippen LogP contribution in [-0.4, -0.2) is 232 Å². The fourth-order valence-electron chi connectivity index (χ4n) is 15.6. The summed E-state index contributed by atoms with van der Waals surface area (Å²) >= 11 is 0. The third-order valence-electron chi connectivity index (χ3n) is 20.6. The Morgan fingerprint density at radius 1 is 0.618 bits per heavy atom. The Bertz CT molecular complexity index is 1950. The van der Waals surface area contributed by atoms with Gasteiger partial charge in [-0.2, -0.15) is 0 Å². The van der Waals surface area contributed by atoms with Crippen molar-refractivity contribution < 1.29 is 109 Å². The summed E-state index contributed by atoms with van der Waals surface area (Å²) in [6.45, 7) is 14.8. The standard InChI is InChI=1S/C54H92O22/c1-24(26-15-16-54(8)33-12-10-27-28(52(33,6)17-18-53(26,54)7)11-14-34(50(27,2)3)74-48-44(67)41(64)38(61)31(22-57)72-48)9-13-35(51(4,5)68)75-49-45(76-47-36(59)29(58)19-25(20-55)70-47)42(65)39(62)32(73-49)23-69-46-43(66)40(63)37(60)30(21-56)71-46/h10,24-26,28-49,55-68H,9,11-23H2,1-8H3/t24?,25-,26?,28?,29-,30+,31+,32+,33?,34-,35?,36+,37+,38+,39+,40-,41-,42-,43+,44+,45+,46+,47-,48-,49-,52?,53?,54?/m0/s1. The maximum absolute atomic E-state index is 11.8. The number of fused-ring (bicyclic) bond motifs is 5. The van der Waals surface area contributed by atoms with Gasteiger partial charge in [-0.1, -0.05) is 53.2 Å². The van der Waals surface area contributed by atoms with E-state index in [4.69, 9.17) is 37.9 Å². The maximum Gasteiger partial charge on any atom is 0.187 e. The highest BCUT2D eigenvalue weighted by Gasteiger charge is 2.68. The molecule has 0 aromatic carbocycles. The summed E-state index contributed by atoms with van der Waals surface area (Å²) in [5.74, 6) is 1.15. The zero-order valence-electron chi connectivity index (χ0n) is 45.4. The summed E-state index contributed by atoms with van der Waals surface area (Å²) < 4.78 is 48.2. The Balaban J connectivity index is 0.968. The second kappa shape index (κ2) is 23.3. The van der Waals surface area contributed by atoms with Crippen LogP contribution in [0.2, 0.25) is 0 Å². The molecule has 4 heterocycles. The van der Waals surface area contributed by atoms with Gasteiger partial charge in [0.15, 0.2) is 25.2 Å². The molecule has 22 nitrogen and oxygen atoms in total. The Kier molecular flexibility index (Phi) is 18.6. The molecule has 28 atom stereocenters. The van der Waals surface area contributed by atoms with E-state index in [1.807, 2.05) is 0 Å². The number of aliphatic hydroxyl groups excluding tert-OH is 13. The molecule has 3 saturated carbocycles. The second-order valence-electron chi connectivity index (χ2n) is 25.7. The largest absolute Gasteiger partial charge is 0.394 e. The van der Waals surface area contributed by atoms with Crippen molar-refractivity contribution in [3.63, 3.8) is 0 Å². The van der Waals surface area contributed by atoms with Crippen LogP contribution in [0.1, 0.15) is 120 Å². The monoisotopic (exact) mass is 1090 g/mol. The third kappa shape index (κ3) is 11.0. The van der Waals surface area contributed by atoms with Crippen LogP contribution in [0.25, 0.3) is 0 Å². The minimum absolute atomic E-state index is 0.00795. The first-order valence-corrected chi connectivity index (χ1v) is 27.8. The van der Waals surface area contributed by atoms with E-state index < -0.39 is 160 Å². The molecule has 8 aliphatic rings. The van der Waals surface area contributed by atoms with Crippen LogP contribution in [0.4, 0.5) is 0 Å². The molecule has 0 bridgehead atoms. The smallest absolute Gasteiger partial charge is 0.187 e. The highest BCUT2D eigenvalue weighted by molar-refractivity contribution is 5.30. The molecule has 0 spiro atoms. The average Bonchev–Trinajstić information content (AvgIpc) is 3.89. The lowest BCUT2D eigenvalue weighted by atomic mass is 9.39. The molecule has 4 aliphatic heterocycles. The fourth-order valence-corrected chi connectivity index (χ4v) is 15.6. The molecule has 22 heteroatoms. The van der Waals surface area contributed by atoms with Crippen LogP contribution >= 0.6 is 0 Å². The van der Waals surface area contributed by atoms with Gasteiger partial charge in [-0.05, 0) is 112 Å². The lowest BCUT2D eigenvalue weighted by Gasteiger charge is -2.66. The van der Waals surface area contributed by atoms with Crippen molar-refractivity contribution in [2.24, 2.45) is 45.3 Å². The van der Waals surface area contributed by atoms with Gasteiger partial charge >= 0.3 is 0 Å². The number of allylic oxidation sites excluding steroid dienone is 1. The molecular weight excluding hydrogens is 1000 g/mol. The van der Waals surface area contributed by atoms with Crippen molar-refractivity contribution in [2.75, 3.05) is 26.4 Å². The van der Waals surface area contributed by atoms with Gasteiger partial charge in [-0.3, -0.25) is 0 Å². The van der Waals surface area contributed by atoms with Gasteiger partial charge < -0.3 is 109 Å². The van der Waals surface area contributed by atoms with Gasteiger partial charge in [0, 0.05) is 11.8 Å². The molecule has 0 aromatic heterocycles. The van der Waals surface area contributed by atoms with Crippen LogP contribution in [0.15, 0.2) is 11.6 Å². The van der Waals surface area contributed by atoms with Crippen molar-refractivity contribution in [1.29, 1.82) is 0 Å².